The van der Waals surface area contributed by atoms with Crippen molar-refractivity contribution in [3.8, 4) is 35.1 Å². The average Bonchev–Trinajstić information content (AvgIpc) is 2.27. The van der Waals surface area contributed by atoms with Crippen molar-refractivity contribution in [2.75, 3.05) is 6.61 Å². The maximum Gasteiger partial charge on any atom is 0.384 e. The number of aliphatic hydroxyl groups is 1. The lowest BCUT2D eigenvalue weighted by Gasteiger charge is -2.13. The standard InChI is InChI=1S/C16H22O3Si/c1-16(2,18)12-9-7-6-8-10-13-19-15(17)11-14-20(3,4)5/h18H,9,12-13H2,1-5H3. The number of esters is 1. The zero-order valence-corrected chi connectivity index (χ0v) is 13.9. The molecule has 20 heavy (non-hydrogen) atoms. The van der Waals surface area contributed by atoms with Gasteiger partial charge in [-0.3, -0.25) is 0 Å². The Labute approximate surface area is 123 Å². The van der Waals surface area contributed by atoms with Crippen LogP contribution < -0.4 is 0 Å². The lowest BCUT2D eigenvalue weighted by Crippen LogP contribution is -2.17. The summed E-state index contributed by atoms with van der Waals surface area (Å²) in [5.41, 5.74) is 2.22. The van der Waals surface area contributed by atoms with E-state index < -0.39 is 19.6 Å². The van der Waals surface area contributed by atoms with Crippen LogP contribution in [0, 0.1) is 35.1 Å². The predicted molar refractivity (Wildman–Crippen MR) is 83.2 cm³/mol. The molecule has 3 nitrogen and oxygen atoms in total. The Morgan fingerprint density at radius 3 is 2.35 bits per heavy atom. The number of hydrogen-bond donors (Lipinski definition) is 1. The lowest BCUT2D eigenvalue weighted by molar-refractivity contribution is -0.135. The smallest absolute Gasteiger partial charge is 0.384 e. The van der Waals surface area contributed by atoms with Gasteiger partial charge in [0.1, 0.15) is 8.07 Å². The second-order valence-electron chi connectivity index (χ2n) is 5.99. The number of rotatable bonds is 3. The SMILES string of the molecule is CC(C)(O)CCC#CC#CCOC(=O)C#C[Si](C)(C)C. The quantitative estimate of drug-likeness (QED) is 0.491. The first kappa shape index (κ1) is 18.3. The van der Waals surface area contributed by atoms with Gasteiger partial charge in [-0.1, -0.05) is 25.6 Å². The van der Waals surface area contributed by atoms with Crippen LogP contribution in [0.3, 0.4) is 0 Å². The molecule has 0 heterocycles. The molecule has 0 aliphatic rings. The van der Waals surface area contributed by atoms with E-state index in [0.717, 1.165) is 0 Å². The van der Waals surface area contributed by atoms with E-state index in [1.165, 1.54) is 0 Å². The molecule has 0 bridgehead atoms. The van der Waals surface area contributed by atoms with E-state index in [-0.39, 0.29) is 6.61 Å². The number of hydrogen-bond acceptors (Lipinski definition) is 3. The fraction of sp³-hybridized carbons (Fsp3) is 0.562. The first-order chi connectivity index (χ1) is 9.10. The molecular formula is C16H22O3Si. The van der Waals surface area contributed by atoms with Crippen molar-refractivity contribution in [2.24, 2.45) is 0 Å². The summed E-state index contributed by atoms with van der Waals surface area (Å²) in [4.78, 5) is 11.2. The van der Waals surface area contributed by atoms with Crippen LogP contribution in [0.1, 0.15) is 26.7 Å². The topological polar surface area (TPSA) is 46.5 Å². The van der Waals surface area contributed by atoms with Gasteiger partial charge in [0.25, 0.3) is 0 Å². The third-order valence-corrected chi connectivity index (χ3v) is 2.79. The van der Waals surface area contributed by atoms with Crippen LogP contribution in [0.25, 0.3) is 0 Å². The summed E-state index contributed by atoms with van der Waals surface area (Å²) in [6.07, 6.45) is 1.18. The normalized spacial score (nSPS) is 10.1. The third-order valence-electron chi connectivity index (χ3n) is 1.92. The molecule has 0 radical (unpaired) electrons. The molecule has 0 aliphatic carbocycles. The van der Waals surface area contributed by atoms with Gasteiger partial charge >= 0.3 is 5.97 Å². The molecule has 0 aliphatic heterocycles. The first-order valence-electron chi connectivity index (χ1n) is 6.48. The van der Waals surface area contributed by atoms with Gasteiger partial charge in [-0.05, 0) is 38.0 Å². The molecule has 0 rings (SSSR count). The minimum Gasteiger partial charge on any atom is -0.443 e. The molecule has 0 aromatic heterocycles. The number of carbonyl (C=O) groups excluding carboxylic acids is 1. The summed E-state index contributed by atoms with van der Waals surface area (Å²) >= 11 is 0. The Morgan fingerprint density at radius 1 is 1.20 bits per heavy atom. The van der Waals surface area contributed by atoms with Gasteiger partial charge in [0.05, 0.1) is 5.60 Å². The van der Waals surface area contributed by atoms with Gasteiger partial charge in [-0.15, -0.1) is 5.54 Å². The van der Waals surface area contributed by atoms with E-state index >= 15 is 0 Å². The predicted octanol–water partition coefficient (Wildman–Crippen LogP) is 1.97. The highest BCUT2D eigenvalue weighted by molar-refractivity contribution is 6.84. The second kappa shape index (κ2) is 8.49. The maximum atomic E-state index is 11.2. The minimum atomic E-state index is -1.55. The molecule has 0 atom stereocenters. The van der Waals surface area contributed by atoms with Crippen LogP contribution in [-0.4, -0.2) is 31.4 Å². The maximum absolute atomic E-state index is 11.2. The lowest BCUT2D eigenvalue weighted by atomic mass is 10.0. The van der Waals surface area contributed by atoms with Crippen LogP contribution >= 0.6 is 0 Å². The molecule has 0 aromatic carbocycles. The molecule has 0 unspecified atom stereocenters. The molecule has 0 saturated heterocycles. The average molecular weight is 290 g/mol. The van der Waals surface area contributed by atoms with E-state index in [4.69, 9.17) is 4.74 Å². The zero-order valence-electron chi connectivity index (χ0n) is 12.9. The molecule has 0 saturated carbocycles. The summed E-state index contributed by atoms with van der Waals surface area (Å²) in [6, 6.07) is 0. The highest BCUT2D eigenvalue weighted by Gasteiger charge is 2.10. The van der Waals surface area contributed by atoms with Gasteiger partial charge in [0.15, 0.2) is 6.61 Å². The van der Waals surface area contributed by atoms with Crippen molar-refractivity contribution in [1.82, 2.24) is 0 Å². The summed E-state index contributed by atoms with van der Waals surface area (Å²) in [7, 11) is -1.55. The van der Waals surface area contributed by atoms with Crippen LogP contribution in [0.4, 0.5) is 0 Å². The van der Waals surface area contributed by atoms with Gasteiger partial charge in [-0.25, -0.2) is 4.79 Å². The van der Waals surface area contributed by atoms with Crippen LogP contribution in [0.5, 0.6) is 0 Å². The van der Waals surface area contributed by atoms with Crippen molar-refractivity contribution < 1.29 is 14.6 Å². The molecule has 0 spiro atoms. The van der Waals surface area contributed by atoms with E-state index in [0.29, 0.717) is 12.8 Å². The van der Waals surface area contributed by atoms with E-state index in [2.05, 4.69) is 54.8 Å². The minimum absolute atomic E-state index is 0.000610. The summed E-state index contributed by atoms with van der Waals surface area (Å²) in [6.45, 7) is 9.63. The molecule has 4 heteroatoms. The highest BCUT2D eigenvalue weighted by Crippen LogP contribution is 2.08. The molecule has 0 fully saturated rings. The summed E-state index contributed by atoms with van der Waals surface area (Å²) in [5.74, 6) is 12.6. The van der Waals surface area contributed by atoms with Crippen LogP contribution in [0.15, 0.2) is 0 Å². The Balaban J connectivity index is 3.97. The van der Waals surface area contributed by atoms with E-state index in [9.17, 15) is 9.90 Å². The van der Waals surface area contributed by atoms with Crippen LogP contribution in [0.2, 0.25) is 19.6 Å². The Hall–Kier alpha value is -1.67. The molecular weight excluding hydrogens is 268 g/mol. The molecule has 0 aromatic rings. The second-order valence-corrected chi connectivity index (χ2v) is 10.7. The Morgan fingerprint density at radius 2 is 1.80 bits per heavy atom. The fourth-order valence-electron chi connectivity index (χ4n) is 0.932. The van der Waals surface area contributed by atoms with Crippen molar-refractivity contribution in [3.05, 3.63) is 0 Å². The third kappa shape index (κ3) is 14.4. The first-order valence-corrected chi connectivity index (χ1v) is 9.98. The zero-order chi connectivity index (χ0) is 15.6. The summed E-state index contributed by atoms with van der Waals surface area (Å²) in [5, 5.41) is 9.46. The molecule has 0 amide bonds. The fourth-order valence-corrected chi connectivity index (χ4v) is 1.41. The van der Waals surface area contributed by atoms with Crippen molar-refractivity contribution in [1.29, 1.82) is 0 Å². The van der Waals surface area contributed by atoms with E-state index in [1.807, 2.05) is 0 Å². The number of carbonyl (C=O) groups is 1. The van der Waals surface area contributed by atoms with Crippen molar-refractivity contribution in [3.63, 3.8) is 0 Å². The van der Waals surface area contributed by atoms with Crippen molar-refractivity contribution in [2.45, 2.75) is 51.9 Å². The number of ether oxygens (including phenoxy) is 1. The monoisotopic (exact) mass is 290 g/mol. The Kier molecular flexibility index (Phi) is 7.78. The Bertz CT molecular complexity index is 502. The van der Waals surface area contributed by atoms with Crippen molar-refractivity contribution >= 4 is 14.0 Å². The summed E-state index contributed by atoms with van der Waals surface area (Å²) < 4.78 is 4.83. The van der Waals surface area contributed by atoms with Crippen LogP contribution in [-0.2, 0) is 9.53 Å². The highest BCUT2D eigenvalue weighted by atomic mass is 28.3. The van der Waals surface area contributed by atoms with Gasteiger partial charge in [0, 0.05) is 12.3 Å². The van der Waals surface area contributed by atoms with Gasteiger partial charge < -0.3 is 9.84 Å². The van der Waals surface area contributed by atoms with Gasteiger partial charge in [0.2, 0.25) is 0 Å². The molecule has 1 N–H and O–H groups in total. The van der Waals surface area contributed by atoms with Gasteiger partial charge in [-0.2, -0.15) is 0 Å². The van der Waals surface area contributed by atoms with E-state index in [1.54, 1.807) is 13.8 Å². The largest absolute Gasteiger partial charge is 0.443 e. The molecule has 108 valence electrons.